The summed E-state index contributed by atoms with van der Waals surface area (Å²) >= 11 is 0. The number of fused-ring (bicyclic) bond motifs is 1. The predicted octanol–water partition coefficient (Wildman–Crippen LogP) is 4.80. The van der Waals surface area contributed by atoms with Gasteiger partial charge in [0.1, 0.15) is 0 Å². The minimum absolute atomic E-state index is 0.458. The summed E-state index contributed by atoms with van der Waals surface area (Å²) in [5, 5.41) is 5.16. The molecule has 0 aliphatic carbocycles. The topological polar surface area (TPSA) is 27.8 Å². The van der Waals surface area contributed by atoms with Crippen molar-refractivity contribution in [2.75, 3.05) is 6.54 Å². The Hall–Kier alpha value is -1.28. The fraction of sp³-hybridized carbons (Fsp3) is 0.556. The summed E-state index contributed by atoms with van der Waals surface area (Å²) in [5.74, 6) is 0. The van der Waals surface area contributed by atoms with E-state index in [2.05, 4.69) is 57.1 Å². The number of benzene rings is 1. The zero-order chi connectivity index (χ0) is 14.7. The summed E-state index contributed by atoms with van der Waals surface area (Å²) in [5.41, 5.74) is 6.95. The van der Waals surface area contributed by atoms with Crippen molar-refractivity contribution in [1.82, 2.24) is 10.3 Å². The molecular weight excluding hydrogens is 244 g/mol. The Bertz CT molecular complexity index is 581. The summed E-state index contributed by atoms with van der Waals surface area (Å²) in [6, 6.07) is 4.93. The van der Waals surface area contributed by atoms with Gasteiger partial charge in [0, 0.05) is 22.6 Å². The molecule has 0 saturated carbocycles. The minimum Gasteiger partial charge on any atom is -0.358 e. The predicted molar refractivity (Wildman–Crippen MR) is 88.5 cm³/mol. The van der Waals surface area contributed by atoms with Crippen molar-refractivity contribution < 1.29 is 0 Å². The molecule has 0 spiro atoms. The standard InChI is InChI=1S/C18H28N2/c1-6-11-19-14(7-2)17-15(8-3)20-18-13(5)10-9-12(4)16(17)18/h9-10,14,19-20H,6-8,11H2,1-5H3. The summed E-state index contributed by atoms with van der Waals surface area (Å²) in [6.45, 7) is 12.2. The minimum atomic E-state index is 0.458. The highest BCUT2D eigenvalue weighted by Crippen LogP contribution is 2.34. The van der Waals surface area contributed by atoms with Gasteiger partial charge in [-0.2, -0.15) is 0 Å². The van der Waals surface area contributed by atoms with Gasteiger partial charge in [-0.1, -0.05) is 32.9 Å². The van der Waals surface area contributed by atoms with Crippen molar-refractivity contribution in [2.24, 2.45) is 0 Å². The van der Waals surface area contributed by atoms with E-state index >= 15 is 0 Å². The Morgan fingerprint density at radius 3 is 2.40 bits per heavy atom. The third-order valence-electron chi connectivity index (χ3n) is 4.24. The molecule has 0 aliphatic heterocycles. The largest absolute Gasteiger partial charge is 0.358 e. The number of rotatable bonds is 6. The highest BCUT2D eigenvalue weighted by Gasteiger charge is 2.20. The fourth-order valence-electron chi connectivity index (χ4n) is 3.12. The average molecular weight is 272 g/mol. The van der Waals surface area contributed by atoms with Crippen LogP contribution in [0.4, 0.5) is 0 Å². The van der Waals surface area contributed by atoms with Crippen LogP contribution in [0.25, 0.3) is 10.9 Å². The lowest BCUT2D eigenvalue weighted by Crippen LogP contribution is -2.22. The smallest absolute Gasteiger partial charge is 0.0491 e. The van der Waals surface area contributed by atoms with Gasteiger partial charge in [0.25, 0.3) is 0 Å². The van der Waals surface area contributed by atoms with Crippen molar-refractivity contribution in [3.8, 4) is 0 Å². The van der Waals surface area contributed by atoms with Crippen LogP contribution in [0, 0.1) is 13.8 Å². The van der Waals surface area contributed by atoms with E-state index in [1.54, 1.807) is 0 Å². The normalized spacial score (nSPS) is 13.1. The van der Waals surface area contributed by atoms with Gasteiger partial charge in [-0.15, -0.1) is 0 Å². The average Bonchev–Trinajstić information content (AvgIpc) is 2.85. The van der Waals surface area contributed by atoms with Gasteiger partial charge in [-0.3, -0.25) is 0 Å². The highest BCUT2D eigenvalue weighted by molar-refractivity contribution is 5.90. The molecule has 2 heteroatoms. The molecule has 0 aliphatic rings. The summed E-state index contributed by atoms with van der Waals surface area (Å²) < 4.78 is 0. The molecule has 2 N–H and O–H groups in total. The molecule has 2 rings (SSSR count). The zero-order valence-corrected chi connectivity index (χ0v) is 13.6. The van der Waals surface area contributed by atoms with Crippen molar-refractivity contribution in [2.45, 2.75) is 59.9 Å². The fourth-order valence-corrected chi connectivity index (χ4v) is 3.12. The molecule has 0 amide bonds. The Balaban J connectivity index is 2.62. The van der Waals surface area contributed by atoms with Crippen LogP contribution in [-0.4, -0.2) is 11.5 Å². The Labute approximate surface area is 123 Å². The Morgan fingerprint density at radius 2 is 1.80 bits per heavy atom. The second-order valence-corrected chi connectivity index (χ2v) is 5.74. The van der Waals surface area contributed by atoms with Crippen LogP contribution >= 0.6 is 0 Å². The van der Waals surface area contributed by atoms with E-state index in [9.17, 15) is 0 Å². The van der Waals surface area contributed by atoms with Crippen molar-refractivity contribution in [3.63, 3.8) is 0 Å². The first-order valence-corrected chi connectivity index (χ1v) is 7.97. The molecule has 0 saturated heterocycles. The SMILES string of the molecule is CCCNC(CC)c1c(CC)[nH]c2c(C)ccc(C)c12. The number of aromatic amines is 1. The summed E-state index contributed by atoms with van der Waals surface area (Å²) in [6.07, 6.45) is 3.37. The molecule has 20 heavy (non-hydrogen) atoms. The second kappa shape index (κ2) is 6.45. The van der Waals surface area contributed by atoms with E-state index in [0.29, 0.717) is 6.04 Å². The van der Waals surface area contributed by atoms with Crippen LogP contribution in [0.15, 0.2) is 12.1 Å². The number of H-pyrrole nitrogens is 1. The van der Waals surface area contributed by atoms with Crippen LogP contribution in [-0.2, 0) is 6.42 Å². The molecule has 1 heterocycles. The molecule has 2 nitrogen and oxygen atoms in total. The quantitative estimate of drug-likeness (QED) is 0.777. The van der Waals surface area contributed by atoms with Gasteiger partial charge in [0.05, 0.1) is 0 Å². The van der Waals surface area contributed by atoms with E-state index in [0.717, 1.165) is 19.4 Å². The van der Waals surface area contributed by atoms with Crippen molar-refractivity contribution >= 4 is 10.9 Å². The van der Waals surface area contributed by atoms with Crippen LogP contribution < -0.4 is 5.32 Å². The third-order valence-corrected chi connectivity index (χ3v) is 4.24. The Morgan fingerprint density at radius 1 is 1.10 bits per heavy atom. The molecule has 1 aromatic carbocycles. The van der Waals surface area contributed by atoms with Crippen molar-refractivity contribution in [3.05, 3.63) is 34.5 Å². The lowest BCUT2D eigenvalue weighted by molar-refractivity contribution is 0.518. The number of nitrogens with one attached hydrogen (secondary N) is 2. The zero-order valence-electron chi connectivity index (χ0n) is 13.6. The van der Waals surface area contributed by atoms with Gasteiger partial charge >= 0.3 is 0 Å². The maximum atomic E-state index is 3.72. The van der Waals surface area contributed by atoms with Gasteiger partial charge in [-0.25, -0.2) is 0 Å². The molecular formula is C18H28N2. The highest BCUT2D eigenvalue weighted by atomic mass is 14.9. The summed E-state index contributed by atoms with van der Waals surface area (Å²) in [4.78, 5) is 3.67. The Kier molecular flexibility index (Phi) is 4.87. The van der Waals surface area contributed by atoms with Gasteiger partial charge < -0.3 is 10.3 Å². The third kappa shape index (κ3) is 2.62. The van der Waals surface area contributed by atoms with E-state index in [1.165, 1.54) is 39.7 Å². The molecule has 1 aromatic heterocycles. The van der Waals surface area contributed by atoms with E-state index in [4.69, 9.17) is 0 Å². The van der Waals surface area contributed by atoms with E-state index in [-0.39, 0.29) is 0 Å². The molecule has 0 bridgehead atoms. The maximum Gasteiger partial charge on any atom is 0.0491 e. The van der Waals surface area contributed by atoms with Gasteiger partial charge in [-0.05, 0) is 56.3 Å². The number of aromatic nitrogens is 1. The number of hydrogen-bond donors (Lipinski definition) is 2. The van der Waals surface area contributed by atoms with Crippen LogP contribution in [0.5, 0.6) is 0 Å². The lowest BCUT2D eigenvalue weighted by Gasteiger charge is -2.19. The lowest BCUT2D eigenvalue weighted by atomic mass is 9.95. The van der Waals surface area contributed by atoms with Crippen molar-refractivity contribution in [1.29, 1.82) is 0 Å². The number of hydrogen-bond acceptors (Lipinski definition) is 1. The molecule has 2 aromatic rings. The van der Waals surface area contributed by atoms with E-state index < -0.39 is 0 Å². The molecule has 0 radical (unpaired) electrons. The van der Waals surface area contributed by atoms with Gasteiger partial charge in [0.2, 0.25) is 0 Å². The molecule has 1 unspecified atom stereocenters. The van der Waals surface area contributed by atoms with Crippen LogP contribution in [0.3, 0.4) is 0 Å². The van der Waals surface area contributed by atoms with Crippen LogP contribution in [0.1, 0.15) is 62.0 Å². The first-order chi connectivity index (χ1) is 9.63. The number of aryl methyl sites for hydroxylation is 3. The monoisotopic (exact) mass is 272 g/mol. The maximum absolute atomic E-state index is 3.72. The first-order valence-electron chi connectivity index (χ1n) is 7.97. The second-order valence-electron chi connectivity index (χ2n) is 5.74. The van der Waals surface area contributed by atoms with Crippen LogP contribution in [0.2, 0.25) is 0 Å². The first kappa shape index (κ1) is 15.1. The van der Waals surface area contributed by atoms with Gasteiger partial charge in [0.15, 0.2) is 0 Å². The molecule has 110 valence electrons. The summed E-state index contributed by atoms with van der Waals surface area (Å²) in [7, 11) is 0. The van der Waals surface area contributed by atoms with E-state index in [1.807, 2.05) is 0 Å². The molecule has 1 atom stereocenters. The molecule has 0 fully saturated rings.